The fourth-order valence-corrected chi connectivity index (χ4v) is 1.95. The first kappa shape index (κ1) is 14.2. The van der Waals surface area contributed by atoms with Crippen molar-refractivity contribution in [2.45, 2.75) is 26.8 Å². The van der Waals surface area contributed by atoms with E-state index in [-0.39, 0.29) is 11.9 Å². The van der Waals surface area contributed by atoms with Gasteiger partial charge < -0.3 is 10.7 Å². The van der Waals surface area contributed by atoms with Crippen LogP contribution in [0.4, 0.5) is 16.0 Å². The lowest BCUT2D eigenvalue weighted by atomic mass is 10.1. The summed E-state index contributed by atoms with van der Waals surface area (Å²) >= 11 is 0. The van der Waals surface area contributed by atoms with E-state index in [9.17, 15) is 4.39 Å². The third-order valence-corrected chi connectivity index (χ3v) is 3.12. The highest BCUT2D eigenvalue weighted by Gasteiger charge is 2.12. The van der Waals surface area contributed by atoms with Crippen LogP contribution in [0.5, 0.6) is 0 Å². The Bertz CT molecular complexity index is 597. The Morgan fingerprint density at radius 1 is 1.10 bits per heavy atom. The topological polar surface area (TPSA) is 75.9 Å². The number of hydrogen-bond donors (Lipinski definition) is 3. The maximum Gasteiger partial charge on any atom is 0.148 e. The number of nitrogens with two attached hydrogens (primary N) is 1. The van der Waals surface area contributed by atoms with Gasteiger partial charge in [-0.1, -0.05) is 12.1 Å². The van der Waals surface area contributed by atoms with Crippen molar-refractivity contribution in [2.24, 2.45) is 5.84 Å². The van der Waals surface area contributed by atoms with Crippen LogP contribution in [0.15, 0.2) is 24.3 Å². The van der Waals surface area contributed by atoms with Crippen molar-refractivity contribution < 1.29 is 4.39 Å². The molecule has 1 atom stereocenters. The summed E-state index contributed by atoms with van der Waals surface area (Å²) in [6.45, 7) is 5.67. The fourth-order valence-electron chi connectivity index (χ4n) is 1.95. The van der Waals surface area contributed by atoms with Crippen molar-refractivity contribution >= 4 is 11.6 Å². The second-order valence-corrected chi connectivity index (χ2v) is 4.65. The number of nitrogen functional groups attached to an aromatic ring is 1. The van der Waals surface area contributed by atoms with Gasteiger partial charge in [-0.05, 0) is 38.5 Å². The van der Waals surface area contributed by atoms with Crippen LogP contribution in [0, 0.1) is 19.7 Å². The summed E-state index contributed by atoms with van der Waals surface area (Å²) in [6, 6.07) is 6.38. The van der Waals surface area contributed by atoms with Gasteiger partial charge in [-0.15, -0.1) is 0 Å². The van der Waals surface area contributed by atoms with Gasteiger partial charge in [-0.25, -0.2) is 20.2 Å². The largest absolute Gasteiger partial charge is 0.363 e. The van der Waals surface area contributed by atoms with Crippen LogP contribution in [0.25, 0.3) is 0 Å². The van der Waals surface area contributed by atoms with Crippen molar-refractivity contribution in [2.75, 3.05) is 10.7 Å². The molecule has 0 bridgehead atoms. The molecule has 0 aliphatic heterocycles. The highest BCUT2D eigenvalue weighted by atomic mass is 19.1. The number of aryl methyl sites for hydroxylation is 1. The summed E-state index contributed by atoms with van der Waals surface area (Å²) in [5.74, 6) is 7.11. The van der Waals surface area contributed by atoms with E-state index in [2.05, 4.69) is 20.7 Å². The molecule has 0 aliphatic carbocycles. The van der Waals surface area contributed by atoms with E-state index >= 15 is 0 Å². The quantitative estimate of drug-likeness (QED) is 0.591. The fraction of sp³-hybridized carbons (Fsp3) is 0.286. The Labute approximate surface area is 117 Å². The molecule has 2 rings (SSSR count). The lowest BCUT2D eigenvalue weighted by molar-refractivity contribution is 0.626. The number of hydrazine groups is 1. The number of aromatic nitrogens is 2. The van der Waals surface area contributed by atoms with Crippen molar-refractivity contribution in [3.8, 4) is 0 Å². The second kappa shape index (κ2) is 5.83. The first-order valence-electron chi connectivity index (χ1n) is 6.35. The van der Waals surface area contributed by atoms with E-state index in [1.807, 2.05) is 13.8 Å². The van der Waals surface area contributed by atoms with Gasteiger partial charge in [0.15, 0.2) is 0 Å². The minimum atomic E-state index is -0.246. The van der Waals surface area contributed by atoms with E-state index in [0.717, 1.165) is 11.1 Å². The molecular weight excluding hydrogens is 257 g/mol. The van der Waals surface area contributed by atoms with Crippen LogP contribution in [-0.4, -0.2) is 9.97 Å². The van der Waals surface area contributed by atoms with Gasteiger partial charge in [0.2, 0.25) is 0 Å². The molecule has 1 heterocycles. The number of anilines is 2. The predicted molar refractivity (Wildman–Crippen MR) is 77.8 cm³/mol. The highest BCUT2D eigenvalue weighted by molar-refractivity contribution is 5.57. The van der Waals surface area contributed by atoms with Gasteiger partial charge in [-0.2, -0.15) is 0 Å². The maximum atomic E-state index is 12.9. The maximum absolute atomic E-state index is 12.9. The lowest BCUT2D eigenvalue weighted by Crippen LogP contribution is -2.15. The van der Waals surface area contributed by atoms with Crippen molar-refractivity contribution in [3.63, 3.8) is 0 Å². The molecule has 0 saturated heterocycles. The normalized spacial score (nSPS) is 12.1. The first-order chi connectivity index (χ1) is 9.51. The molecule has 0 amide bonds. The minimum Gasteiger partial charge on any atom is -0.363 e. The van der Waals surface area contributed by atoms with Crippen LogP contribution < -0.4 is 16.6 Å². The Hall–Kier alpha value is -2.21. The number of hydrogen-bond acceptors (Lipinski definition) is 5. The van der Waals surface area contributed by atoms with E-state index in [4.69, 9.17) is 5.84 Å². The van der Waals surface area contributed by atoms with Gasteiger partial charge in [0.1, 0.15) is 23.3 Å². The molecule has 5 nitrogen and oxygen atoms in total. The molecule has 1 aromatic carbocycles. The zero-order valence-corrected chi connectivity index (χ0v) is 11.7. The molecule has 0 fully saturated rings. The molecule has 1 unspecified atom stereocenters. The monoisotopic (exact) mass is 275 g/mol. The average Bonchev–Trinajstić information content (AvgIpc) is 2.43. The minimum absolute atomic E-state index is 0.00535. The third-order valence-electron chi connectivity index (χ3n) is 3.12. The van der Waals surface area contributed by atoms with Gasteiger partial charge >= 0.3 is 0 Å². The van der Waals surface area contributed by atoms with Crippen molar-refractivity contribution in [1.29, 1.82) is 0 Å². The molecule has 0 radical (unpaired) electrons. The molecule has 20 heavy (non-hydrogen) atoms. The molecule has 0 aliphatic rings. The van der Waals surface area contributed by atoms with Gasteiger partial charge in [0.05, 0.1) is 0 Å². The summed E-state index contributed by atoms with van der Waals surface area (Å²) in [7, 11) is 0. The van der Waals surface area contributed by atoms with Crippen LogP contribution >= 0.6 is 0 Å². The number of halogens is 1. The van der Waals surface area contributed by atoms with Gasteiger partial charge in [0, 0.05) is 11.6 Å². The highest BCUT2D eigenvalue weighted by Crippen LogP contribution is 2.24. The smallest absolute Gasteiger partial charge is 0.148 e. The molecule has 106 valence electrons. The number of nitrogens with zero attached hydrogens (tertiary/aromatic N) is 2. The zero-order valence-electron chi connectivity index (χ0n) is 11.7. The Morgan fingerprint density at radius 2 is 1.70 bits per heavy atom. The third kappa shape index (κ3) is 3.03. The first-order valence-corrected chi connectivity index (χ1v) is 6.35. The van der Waals surface area contributed by atoms with Gasteiger partial charge in [0.25, 0.3) is 0 Å². The molecule has 2 aromatic rings. The van der Waals surface area contributed by atoms with E-state index < -0.39 is 0 Å². The van der Waals surface area contributed by atoms with Gasteiger partial charge in [-0.3, -0.25) is 0 Å². The van der Waals surface area contributed by atoms with Crippen molar-refractivity contribution in [1.82, 2.24) is 9.97 Å². The lowest BCUT2D eigenvalue weighted by Gasteiger charge is -2.18. The Morgan fingerprint density at radius 3 is 2.30 bits per heavy atom. The van der Waals surface area contributed by atoms with E-state index in [0.29, 0.717) is 17.5 Å². The summed E-state index contributed by atoms with van der Waals surface area (Å²) in [4.78, 5) is 8.58. The van der Waals surface area contributed by atoms with Crippen LogP contribution in [0.2, 0.25) is 0 Å². The zero-order chi connectivity index (χ0) is 14.7. The molecule has 1 aromatic heterocycles. The van der Waals surface area contributed by atoms with E-state index in [1.165, 1.54) is 12.1 Å². The SMILES string of the molecule is Cc1nc(NN)c(C)c(NC(C)c2ccc(F)cc2)n1. The predicted octanol–water partition coefficient (Wildman–Crippen LogP) is 2.69. The molecule has 0 saturated carbocycles. The average molecular weight is 275 g/mol. The van der Waals surface area contributed by atoms with Crippen LogP contribution in [0.1, 0.15) is 29.9 Å². The number of benzene rings is 1. The molecular formula is C14H18FN5. The molecule has 6 heteroatoms. The van der Waals surface area contributed by atoms with Crippen molar-refractivity contribution in [3.05, 3.63) is 47.0 Å². The second-order valence-electron chi connectivity index (χ2n) is 4.65. The Balaban J connectivity index is 2.25. The van der Waals surface area contributed by atoms with Crippen LogP contribution in [-0.2, 0) is 0 Å². The summed E-state index contributed by atoms with van der Waals surface area (Å²) in [6.07, 6.45) is 0. The Kier molecular flexibility index (Phi) is 4.14. The molecule has 4 N–H and O–H groups in total. The van der Waals surface area contributed by atoms with Crippen LogP contribution in [0.3, 0.4) is 0 Å². The number of rotatable bonds is 4. The summed E-state index contributed by atoms with van der Waals surface area (Å²) in [5, 5.41) is 3.29. The summed E-state index contributed by atoms with van der Waals surface area (Å²) in [5.41, 5.74) is 4.37. The molecule has 0 spiro atoms. The summed E-state index contributed by atoms with van der Waals surface area (Å²) < 4.78 is 12.9. The standard InChI is InChI=1S/C14H18FN5/c1-8-13(18-10(3)19-14(8)20-16)17-9(2)11-4-6-12(15)7-5-11/h4-7,9H,16H2,1-3H3,(H2,17,18,19,20). The number of nitrogens with one attached hydrogen (secondary N) is 2. The van der Waals surface area contributed by atoms with E-state index in [1.54, 1.807) is 19.1 Å².